The summed E-state index contributed by atoms with van der Waals surface area (Å²) in [7, 11) is -1.49. The van der Waals surface area contributed by atoms with Gasteiger partial charge in [-0.25, -0.2) is 0 Å². The Bertz CT molecular complexity index is 294. The third kappa shape index (κ3) is 2.00. The van der Waals surface area contributed by atoms with Crippen LogP contribution in [0.4, 0.5) is 0 Å². The first-order valence-corrected chi connectivity index (χ1v) is 4.94. The number of nitrogens with one attached hydrogen (secondary N) is 1. The molecular weight excluding hydrogens is 181 g/mol. The topological polar surface area (TPSA) is 65.6 Å². The molecule has 0 saturated carbocycles. The van der Waals surface area contributed by atoms with E-state index in [1.54, 1.807) is 6.07 Å². The fraction of sp³-hybridized carbons (Fsp3) is 0.556. The molecule has 0 aliphatic carbocycles. The third-order valence-corrected chi connectivity index (χ3v) is 2.64. The summed E-state index contributed by atoms with van der Waals surface area (Å²) in [6.07, 6.45) is 2.10. The van der Waals surface area contributed by atoms with Gasteiger partial charge in [0.1, 0.15) is 11.4 Å². The van der Waals surface area contributed by atoms with E-state index in [0.717, 1.165) is 31.7 Å². The van der Waals surface area contributed by atoms with Crippen LogP contribution in [-0.2, 0) is 0 Å². The van der Waals surface area contributed by atoms with E-state index in [1.807, 2.05) is 6.07 Å². The van der Waals surface area contributed by atoms with Gasteiger partial charge in [0, 0.05) is 5.92 Å². The molecule has 0 unspecified atom stereocenters. The Balaban J connectivity index is 2.07. The van der Waals surface area contributed by atoms with Gasteiger partial charge in [0.05, 0.1) is 0 Å². The number of hydrogen-bond donors (Lipinski definition) is 3. The molecule has 3 N–H and O–H groups in total. The van der Waals surface area contributed by atoms with Crippen LogP contribution in [0.2, 0.25) is 0 Å². The van der Waals surface area contributed by atoms with E-state index in [9.17, 15) is 0 Å². The molecule has 4 nitrogen and oxygen atoms in total. The van der Waals surface area contributed by atoms with Crippen molar-refractivity contribution in [3.8, 4) is 0 Å². The summed E-state index contributed by atoms with van der Waals surface area (Å²) in [4.78, 5) is 0. The number of furan rings is 1. The lowest BCUT2D eigenvalue weighted by molar-refractivity contribution is 0.375. The van der Waals surface area contributed by atoms with Gasteiger partial charge < -0.3 is 19.8 Å². The van der Waals surface area contributed by atoms with Crippen LogP contribution in [0.1, 0.15) is 24.5 Å². The van der Waals surface area contributed by atoms with Crippen LogP contribution in [0.5, 0.6) is 0 Å². The highest BCUT2D eigenvalue weighted by Gasteiger charge is 2.21. The lowest BCUT2D eigenvalue weighted by Gasteiger charge is -2.20. The molecule has 1 aromatic heterocycles. The second kappa shape index (κ2) is 4.17. The predicted molar refractivity (Wildman–Crippen MR) is 53.4 cm³/mol. The summed E-state index contributed by atoms with van der Waals surface area (Å²) < 4.78 is 5.36. The highest BCUT2D eigenvalue weighted by atomic mass is 16.4. The largest absolute Gasteiger partial charge is 0.526 e. The van der Waals surface area contributed by atoms with Gasteiger partial charge in [0.15, 0.2) is 0 Å². The summed E-state index contributed by atoms with van der Waals surface area (Å²) in [6, 6.07) is 3.47. The Morgan fingerprint density at radius 1 is 1.29 bits per heavy atom. The number of rotatable bonds is 2. The van der Waals surface area contributed by atoms with Crippen LogP contribution in [0.3, 0.4) is 0 Å². The van der Waals surface area contributed by atoms with Gasteiger partial charge in [-0.2, -0.15) is 0 Å². The van der Waals surface area contributed by atoms with E-state index in [0.29, 0.717) is 5.92 Å². The average molecular weight is 195 g/mol. The summed E-state index contributed by atoms with van der Waals surface area (Å²) in [5.41, 5.74) is 0.235. The smallest absolute Gasteiger partial charge is 0.469 e. The second-order valence-electron chi connectivity index (χ2n) is 3.64. The SMILES string of the molecule is OB(O)c1ccc(C2CCNCC2)o1. The van der Waals surface area contributed by atoms with Crippen molar-refractivity contribution in [1.82, 2.24) is 5.32 Å². The highest BCUT2D eigenvalue weighted by Crippen LogP contribution is 2.24. The van der Waals surface area contributed by atoms with E-state index in [1.165, 1.54) is 0 Å². The molecule has 1 aromatic rings. The molecule has 0 aromatic carbocycles. The zero-order valence-electron chi connectivity index (χ0n) is 7.94. The Morgan fingerprint density at radius 3 is 2.57 bits per heavy atom. The first-order valence-electron chi connectivity index (χ1n) is 4.94. The molecule has 76 valence electrons. The minimum atomic E-state index is -1.49. The first kappa shape index (κ1) is 9.77. The molecule has 14 heavy (non-hydrogen) atoms. The molecular formula is C9H14BNO3. The number of hydrogen-bond acceptors (Lipinski definition) is 4. The molecule has 0 radical (unpaired) electrons. The first-order chi connectivity index (χ1) is 6.77. The maximum atomic E-state index is 8.88. The maximum absolute atomic E-state index is 8.88. The summed E-state index contributed by atoms with van der Waals surface area (Å²) in [5, 5.41) is 21.0. The van der Waals surface area contributed by atoms with E-state index in [4.69, 9.17) is 14.5 Å². The van der Waals surface area contributed by atoms with E-state index in [-0.39, 0.29) is 5.66 Å². The Kier molecular flexibility index (Phi) is 2.91. The summed E-state index contributed by atoms with van der Waals surface area (Å²) >= 11 is 0. The normalized spacial score (nSPS) is 18.4. The maximum Gasteiger partial charge on any atom is 0.526 e. The Labute approximate surface area is 83.1 Å². The van der Waals surface area contributed by atoms with Gasteiger partial charge in [0.2, 0.25) is 0 Å². The second-order valence-corrected chi connectivity index (χ2v) is 3.64. The molecule has 2 rings (SSSR count). The van der Waals surface area contributed by atoms with Gasteiger partial charge in [0.25, 0.3) is 0 Å². The van der Waals surface area contributed by atoms with Crippen molar-refractivity contribution in [1.29, 1.82) is 0 Å². The van der Waals surface area contributed by atoms with Gasteiger partial charge in [-0.1, -0.05) is 0 Å². The molecule has 0 atom stereocenters. The summed E-state index contributed by atoms with van der Waals surface area (Å²) in [6.45, 7) is 2.00. The third-order valence-electron chi connectivity index (χ3n) is 2.64. The van der Waals surface area contributed by atoms with Gasteiger partial charge in [-0.15, -0.1) is 0 Å². The molecule has 1 saturated heterocycles. The number of piperidine rings is 1. The molecule has 2 heterocycles. The molecule has 1 fully saturated rings. The standard InChI is InChI=1S/C9H14BNO3/c12-10(13)9-2-1-8(14-9)7-3-5-11-6-4-7/h1-2,7,11-13H,3-6H2. The molecule has 0 bridgehead atoms. The van der Waals surface area contributed by atoms with Gasteiger partial charge in [-0.3, -0.25) is 0 Å². The molecule has 0 spiro atoms. The molecule has 1 aliphatic heterocycles. The summed E-state index contributed by atoms with van der Waals surface area (Å²) in [5.74, 6) is 1.29. The van der Waals surface area contributed by atoms with Crippen LogP contribution >= 0.6 is 0 Å². The minimum absolute atomic E-state index is 0.235. The van der Waals surface area contributed by atoms with Crippen molar-refractivity contribution >= 4 is 12.8 Å². The van der Waals surface area contributed by atoms with E-state index in [2.05, 4.69) is 5.32 Å². The van der Waals surface area contributed by atoms with Crippen molar-refractivity contribution in [2.75, 3.05) is 13.1 Å². The molecule has 0 amide bonds. The van der Waals surface area contributed by atoms with Crippen LogP contribution in [-0.4, -0.2) is 30.3 Å². The van der Waals surface area contributed by atoms with Crippen molar-refractivity contribution < 1.29 is 14.5 Å². The Morgan fingerprint density at radius 2 is 2.00 bits per heavy atom. The Hall–Kier alpha value is -0.775. The molecule has 5 heteroatoms. The van der Waals surface area contributed by atoms with Gasteiger partial charge >= 0.3 is 7.12 Å². The quantitative estimate of drug-likeness (QED) is 0.552. The van der Waals surface area contributed by atoms with Crippen molar-refractivity contribution in [2.45, 2.75) is 18.8 Å². The van der Waals surface area contributed by atoms with Crippen LogP contribution < -0.4 is 11.0 Å². The van der Waals surface area contributed by atoms with Gasteiger partial charge in [-0.05, 0) is 38.1 Å². The lowest BCUT2D eigenvalue weighted by Crippen LogP contribution is -2.29. The zero-order chi connectivity index (χ0) is 9.97. The predicted octanol–water partition coefficient (Wildman–Crippen LogP) is -0.574. The van der Waals surface area contributed by atoms with Crippen LogP contribution in [0, 0.1) is 0 Å². The highest BCUT2D eigenvalue weighted by molar-refractivity contribution is 6.56. The lowest BCUT2D eigenvalue weighted by atomic mass is 9.88. The fourth-order valence-electron chi connectivity index (χ4n) is 1.83. The zero-order valence-corrected chi connectivity index (χ0v) is 7.94. The molecule has 1 aliphatic rings. The van der Waals surface area contributed by atoms with E-state index < -0.39 is 7.12 Å². The average Bonchev–Trinajstić information content (AvgIpc) is 2.68. The monoisotopic (exact) mass is 195 g/mol. The van der Waals surface area contributed by atoms with Crippen molar-refractivity contribution in [3.63, 3.8) is 0 Å². The van der Waals surface area contributed by atoms with Crippen LogP contribution in [0.25, 0.3) is 0 Å². The minimum Gasteiger partial charge on any atom is -0.469 e. The fourth-order valence-corrected chi connectivity index (χ4v) is 1.83. The van der Waals surface area contributed by atoms with E-state index >= 15 is 0 Å². The van der Waals surface area contributed by atoms with Crippen molar-refractivity contribution in [3.05, 3.63) is 17.9 Å². The van der Waals surface area contributed by atoms with Crippen LogP contribution in [0.15, 0.2) is 16.5 Å². The van der Waals surface area contributed by atoms with Crippen molar-refractivity contribution in [2.24, 2.45) is 0 Å².